The van der Waals surface area contributed by atoms with Gasteiger partial charge in [0.15, 0.2) is 11.9 Å². The first-order valence-electron chi connectivity index (χ1n) is 22.8. The summed E-state index contributed by atoms with van der Waals surface area (Å²) in [7, 11) is 0. The molecule has 0 bridgehead atoms. The van der Waals surface area contributed by atoms with E-state index in [-0.39, 0.29) is 42.0 Å². The molecule has 18 nitrogen and oxygen atoms in total. The molecule has 4 amide bonds. The van der Waals surface area contributed by atoms with E-state index in [2.05, 4.69) is 31.3 Å². The lowest BCUT2D eigenvalue weighted by atomic mass is 10.1. The molecule has 0 aromatic rings. The summed E-state index contributed by atoms with van der Waals surface area (Å²) in [5.74, 6) is -1.66. The van der Waals surface area contributed by atoms with Crippen molar-refractivity contribution in [1.82, 2.24) is 21.3 Å². The molecule has 3 atom stereocenters. The fraction of sp³-hybridized carbons (Fsp3) is 0.833. The number of aliphatic carboxylic acids is 1. The second-order valence-electron chi connectivity index (χ2n) is 15.8. The van der Waals surface area contributed by atoms with Crippen LogP contribution >= 0.6 is 0 Å². The van der Waals surface area contributed by atoms with E-state index >= 15 is 0 Å². The van der Waals surface area contributed by atoms with Crippen LogP contribution in [0.2, 0.25) is 0 Å². The Balaban J connectivity index is 3.97. The quantitative estimate of drug-likeness (QED) is 0.0240. The maximum Gasteiger partial charge on any atom is 0.326 e. The van der Waals surface area contributed by atoms with Crippen LogP contribution in [0.25, 0.3) is 0 Å². The van der Waals surface area contributed by atoms with Gasteiger partial charge in [-0.15, -0.1) is 0 Å². The van der Waals surface area contributed by atoms with E-state index in [1.165, 1.54) is 0 Å². The number of carboxylic acid groups (broad SMARTS) is 1. The van der Waals surface area contributed by atoms with Gasteiger partial charge in [0.25, 0.3) is 0 Å². The largest absolute Gasteiger partial charge is 0.480 e. The van der Waals surface area contributed by atoms with Crippen LogP contribution in [0.15, 0.2) is 9.98 Å². The van der Waals surface area contributed by atoms with Crippen molar-refractivity contribution in [2.45, 2.75) is 191 Å². The van der Waals surface area contributed by atoms with Crippen LogP contribution in [0.3, 0.4) is 0 Å². The Morgan fingerprint density at radius 2 is 0.850 bits per heavy atom. The molecular formula is C42H84N12O6. The highest BCUT2D eigenvalue weighted by Gasteiger charge is 2.21. The Hall–Kier alpha value is -4.19. The van der Waals surface area contributed by atoms with Gasteiger partial charge in [-0.3, -0.25) is 29.2 Å². The van der Waals surface area contributed by atoms with E-state index < -0.39 is 24.1 Å². The van der Waals surface area contributed by atoms with Crippen LogP contribution in [-0.2, 0) is 24.0 Å². The van der Waals surface area contributed by atoms with Gasteiger partial charge in [-0.25, -0.2) is 4.79 Å². The van der Waals surface area contributed by atoms with E-state index in [0.29, 0.717) is 71.2 Å². The molecule has 0 aliphatic rings. The summed E-state index contributed by atoms with van der Waals surface area (Å²) in [5, 5.41) is 20.8. The summed E-state index contributed by atoms with van der Waals surface area (Å²) in [6.45, 7) is 2.54. The lowest BCUT2D eigenvalue weighted by Crippen LogP contribution is -2.47. The fourth-order valence-electron chi connectivity index (χ4n) is 6.68. The first-order chi connectivity index (χ1) is 28.9. The summed E-state index contributed by atoms with van der Waals surface area (Å²) in [4.78, 5) is 69.1. The molecule has 0 saturated carbocycles. The van der Waals surface area contributed by atoms with E-state index in [1.807, 2.05) is 0 Å². The standard InChI is InChI=1S/C42H84N12O6/c43-28-18-17-24-34(53-36(55)26-15-11-7-3-1-5-9-13-19-29-49-38(57)33(44)23-21-31-51-41(45)46)39(58)50-30-20-14-10-6-2-4-8-12-16-27-37(56)54-35(40(59)60)25-22-32-52-42(47)48/h33-35H,1-32,43-44H2,(H,49,57)(H,50,58)(H,53,55)(H,54,56)(H,59,60)(H4,45,46,51)(H4,47,48,52)/t33-,34-,35-/m0/s1. The van der Waals surface area contributed by atoms with Gasteiger partial charge in [-0.1, -0.05) is 89.9 Å². The SMILES string of the molecule is NCCCC[C@H](NC(=O)CCCCCCCCCCCNC(=O)[C@@H](N)CCCN=C(N)N)C(=O)NCCCCCCCCCCCC(=O)N[C@@H](CCCN=C(N)N)C(=O)O. The van der Waals surface area contributed by atoms with Gasteiger partial charge in [0.2, 0.25) is 23.6 Å². The van der Waals surface area contributed by atoms with Gasteiger partial charge >= 0.3 is 5.97 Å². The van der Waals surface area contributed by atoms with Gasteiger partial charge in [0.1, 0.15) is 12.1 Å². The predicted octanol–water partition coefficient (Wildman–Crippen LogP) is 2.64. The van der Waals surface area contributed by atoms with Crippen molar-refractivity contribution in [1.29, 1.82) is 0 Å². The van der Waals surface area contributed by atoms with Gasteiger partial charge < -0.3 is 60.8 Å². The first-order valence-corrected chi connectivity index (χ1v) is 22.8. The maximum absolute atomic E-state index is 13.0. The van der Waals surface area contributed by atoms with Crippen molar-refractivity contribution < 1.29 is 29.1 Å². The monoisotopic (exact) mass is 853 g/mol. The average Bonchev–Trinajstić information content (AvgIpc) is 3.20. The summed E-state index contributed by atoms with van der Waals surface area (Å²) < 4.78 is 0. The zero-order chi connectivity index (χ0) is 44.6. The van der Waals surface area contributed by atoms with E-state index in [1.54, 1.807) is 0 Å². The predicted molar refractivity (Wildman–Crippen MR) is 241 cm³/mol. The second kappa shape index (κ2) is 39.0. The highest BCUT2D eigenvalue weighted by atomic mass is 16.4. The number of hydrogen-bond acceptors (Lipinski definition) is 9. The molecule has 0 fully saturated rings. The number of nitrogens with one attached hydrogen (secondary N) is 4. The summed E-state index contributed by atoms with van der Waals surface area (Å²) in [5.41, 5.74) is 32.7. The molecule has 0 aromatic carbocycles. The minimum Gasteiger partial charge on any atom is -0.480 e. The van der Waals surface area contributed by atoms with Crippen molar-refractivity contribution in [3.63, 3.8) is 0 Å². The number of guanidine groups is 2. The van der Waals surface area contributed by atoms with Crippen LogP contribution in [0, 0.1) is 0 Å². The molecule has 0 radical (unpaired) electrons. The lowest BCUT2D eigenvalue weighted by molar-refractivity contribution is -0.142. The van der Waals surface area contributed by atoms with Gasteiger partial charge in [-0.2, -0.15) is 0 Å². The molecule has 60 heavy (non-hydrogen) atoms. The van der Waals surface area contributed by atoms with E-state index in [0.717, 1.165) is 128 Å². The summed E-state index contributed by atoms with van der Waals surface area (Å²) in [6.07, 6.45) is 23.1. The minimum absolute atomic E-state index is 0.0414. The Morgan fingerprint density at radius 3 is 1.28 bits per heavy atom. The van der Waals surface area contributed by atoms with E-state index in [4.69, 9.17) is 34.4 Å². The zero-order valence-electron chi connectivity index (χ0n) is 36.7. The number of carboxylic acids is 1. The molecule has 0 aromatic heterocycles. The van der Waals surface area contributed by atoms with Crippen LogP contribution < -0.4 is 55.7 Å². The average molecular weight is 853 g/mol. The van der Waals surface area contributed by atoms with Crippen molar-refractivity contribution in [3.05, 3.63) is 0 Å². The highest BCUT2D eigenvalue weighted by Crippen LogP contribution is 2.13. The van der Waals surface area contributed by atoms with Crippen molar-refractivity contribution in [3.8, 4) is 0 Å². The number of nitrogens with two attached hydrogens (primary N) is 6. The first kappa shape index (κ1) is 55.8. The highest BCUT2D eigenvalue weighted by molar-refractivity contribution is 5.87. The number of rotatable bonds is 41. The number of nitrogens with zero attached hydrogens (tertiary/aromatic N) is 2. The van der Waals surface area contributed by atoms with Crippen LogP contribution in [0.4, 0.5) is 0 Å². The number of hydrogen-bond donors (Lipinski definition) is 11. The molecule has 0 saturated heterocycles. The Morgan fingerprint density at radius 1 is 0.467 bits per heavy atom. The summed E-state index contributed by atoms with van der Waals surface area (Å²) in [6, 6.07) is -2.03. The van der Waals surface area contributed by atoms with Crippen LogP contribution in [-0.4, -0.2) is 97.5 Å². The third-order valence-corrected chi connectivity index (χ3v) is 10.2. The van der Waals surface area contributed by atoms with Crippen molar-refractivity contribution in [2.75, 3.05) is 32.7 Å². The number of carbonyl (C=O) groups excluding carboxylic acids is 4. The molecular weight excluding hydrogens is 769 g/mol. The molecule has 0 aliphatic carbocycles. The van der Waals surface area contributed by atoms with Crippen LogP contribution in [0.5, 0.6) is 0 Å². The molecule has 18 heteroatoms. The van der Waals surface area contributed by atoms with Crippen molar-refractivity contribution in [2.24, 2.45) is 44.4 Å². The number of amides is 4. The topological polar surface area (TPSA) is 335 Å². The van der Waals surface area contributed by atoms with Gasteiger partial charge in [0.05, 0.1) is 6.04 Å². The van der Waals surface area contributed by atoms with E-state index in [9.17, 15) is 29.1 Å². The Bertz CT molecular complexity index is 1210. The number of unbranched alkanes of at least 4 members (excludes halogenated alkanes) is 17. The Kier molecular flexibility index (Phi) is 36.3. The second-order valence-corrected chi connectivity index (χ2v) is 15.8. The van der Waals surface area contributed by atoms with Gasteiger partial charge in [0, 0.05) is 39.0 Å². The van der Waals surface area contributed by atoms with Crippen molar-refractivity contribution >= 4 is 41.5 Å². The van der Waals surface area contributed by atoms with Crippen LogP contribution in [0.1, 0.15) is 173 Å². The molecule has 0 heterocycles. The van der Waals surface area contributed by atoms with Gasteiger partial charge in [-0.05, 0) is 77.2 Å². The number of carbonyl (C=O) groups is 5. The lowest BCUT2D eigenvalue weighted by Gasteiger charge is -2.18. The molecule has 0 unspecified atom stereocenters. The molecule has 348 valence electrons. The number of aliphatic imine (C=N–C) groups is 2. The third-order valence-electron chi connectivity index (χ3n) is 10.2. The molecule has 0 rings (SSSR count). The zero-order valence-corrected chi connectivity index (χ0v) is 36.7. The molecule has 17 N–H and O–H groups in total. The normalized spacial score (nSPS) is 12.4. The Labute approximate surface area is 359 Å². The summed E-state index contributed by atoms with van der Waals surface area (Å²) >= 11 is 0. The minimum atomic E-state index is -1.06. The smallest absolute Gasteiger partial charge is 0.326 e. The third kappa shape index (κ3) is 35.7. The fourth-order valence-corrected chi connectivity index (χ4v) is 6.68. The molecule has 0 aliphatic heterocycles. The maximum atomic E-state index is 13.0. The molecule has 0 spiro atoms.